The molecule has 1 heterocycles. The van der Waals surface area contributed by atoms with Crippen molar-refractivity contribution in [2.24, 2.45) is 0 Å². The van der Waals surface area contributed by atoms with Crippen molar-refractivity contribution in [3.63, 3.8) is 0 Å². The van der Waals surface area contributed by atoms with Gasteiger partial charge in [0.05, 0.1) is 16.4 Å². The van der Waals surface area contributed by atoms with E-state index in [2.05, 4.69) is 16.0 Å². The van der Waals surface area contributed by atoms with Gasteiger partial charge in [-0.2, -0.15) is 5.26 Å². The van der Waals surface area contributed by atoms with Crippen LogP contribution in [0.3, 0.4) is 0 Å². The molecule has 0 spiro atoms. The van der Waals surface area contributed by atoms with Crippen LogP contribution in [-0.2, 0) is 4.79 Å². The number of carbonyl (C=O) groups excluding carboxylic acids is 2. The van der Waals surface area contributed by atoms with E-state index in [0.717, 1.165) is 6.42 Å². The standard InChI is InChI=1S/C20H19ClFN5O2/c21-15-7-6-13(27-10-2-5-19(27)28)11-18(15)26-20(29)25-9-8-24-17-4-1-3-16(22)14(17)12-23/h1,3-4,6-7,11,24H,2,5,8-10H2,(H2,25,26,29). The molecule has 7 nitrogen and oxygen atoms in total. The molecule has 0 saturated carbocycles. The molecule has 1 fully saturated rings. The summed E-state index contributed by atoms with van der Waals surface area (Å²) in [6, 6.07) is 10.7. The first kappa shape index (κ1) is 20.4. The fourth-order valence-electron chi connectivity index (χ4n) is 3.02. The van der Waals surface area contributed by atoms with Gasteiger partial charge in [-0.3, -0.25) is 4.79 Å². The highest BCUT2D eigenvalue weighted by molar-refractivity contribution is 6.33. The predicted octanol–water partition coefficient (Wildman–Crippen LogP) is 3.71. The van der Waals surface area contributed by atoms with Gasteiger partial charge in [-0.25, -0.2) is 9.18 Å². The van der Waals surface area contributed by atoms with Gasteiger partial charge >= 0.3 is 6.03 Å². The summed E-state index contributed by atoms with van der Waals surface area (Å²) >= 11 is 6.15. The fraction of sp³-hybridized carbons (Fsp3) is 0.250. The number of rotatable bonds is 6. The molecule has 1 aliphatic heterocycles. The lowest BCUT2D eigenvalue weighted by molar-refractivity contribution is -0.117. The number of urea groups is 1. The Bertz CT molecular complexity index is 976. The monoisotopic (exact) mass is 415 g/mol. The van der Waals surface area contributed by atoms with E-state index < -0.39 is 11.8 Å². The maximum Gasteiger partial charge on any atom is 0.319 e. The molecule has 2 aromatic carbocycles. The van der Waals surface area contributed by atoms with Crippen molar-refractivity contribution >= 4 is 40.6 Å². The van der Waals surface area contributed by atoms with Crippen LogP contribution in [0.4, 0.5) is 26.2 Å². The second kappa shape index (κ2) is 9.26. The first-order valence-electron chi connectivity index (χ1n) is 9.07. The van der Waals surface area contributed by atoms with E-state index in [9.17, 15) is 14.0 Å². The minimum atomic E-state index is -0.603. The molecule has 0 aliphatic carbocycles. The van der Waals surface area contributed by atoms with Gasteiger partial charge in [0.25, 0.3) is 0 Å². The number of nitrogens with one attached hydrogen (secondary N) is 3. The molecule has 9 heteroatoms. The van der Waals surface area contributed by atoms with Crippen LogP contribution in [0.25, 0.3) is 0 Å². The van der Waals surface area contributed by atoms with E-state index in [1.165, 1.54) is 12.1 Å². The zero-order valence-corrected chi connectivity index (χ0v) is 16.2. The van der Waals surface area contributed by atoms with Gasteiger partial charge in [-0.15, -0.1) is 0 Å². The molecule has 3 N–H and O–H groups in total. The molecule has 0 atom stereocenters. The second-order valence-corrected chi connectivity index (χ2v) is 6.80. The molecule has 0 unspecified atom stereocenters. The number of halogens is 2. The third-order valence-corrected chi connectivity index (χ3v) is 4.76. The molecule has 1 saturated heterocycles. The third-order valence-electron chi connectivity index (χ3n) is 4.43. The van der Waals surface area contributed by atoms with Crippen LogP contribution in [0.5, 0.6) is 0 Å². The Morgan fingerprint density at radius 1 is 1.24 bits per heavy atom. The van der Waals surface area contributed by atoms with E-state index in [0.29, 0.717) is 41.6 Å². The molecule has 1 aliphatic rings. The molecule has 2 aromatic rings. The van der Waals surface area contributed by atoms with E-state index in [1.54, 1.807) is 35.2 Å². The Hall–Kier alpha value is -3.31. The van der Waals surface area contributed by atoms with Crippen LogP contribution in [-0.4, -0.2) is 31.6 Å². The smallest absolute Gasteiger partial charge is 0.319 e. The number of hydrogen-bond acceptors (Lipinski definition) is 4. The quantitative estimate of drug-likeness (QED) is 0.626. The Balaban J connectivity index is 1.53. The van der Waals surface area contributed by atoms with Crippen molar-refractivity contribution in [1.29, 1.82) is 5.26 Å². The molecule has 0 aromatic heterocycles. The van der Waals surface area contributed by atoms with Crippen LogP contribution in [0.1, 0.15) is 18.4 Å². The lowest BCUT2D eigenvalue weighted by atomic mass is 10.2. The number of carbonyl (C=O) groups is 2. The zero-order chi connectivity index (χ0) is 20.8. The normalized spacial score (nSPS) is 13.1. The summed E-state index contributed by atoms with van der Waals surface area (Å²) in [4.78, 5) is 25.7. The number of amides is 3. The first-order valence-corrected chi connectivity index (χ1v) is 9.44. The molecular formula is C20H19ClFN5O2. The summed E-state index contributed by atoms with van der Waals surface area (Å²) in [5, 5.41) is 17.6. The average Bonchev–Trinajstić information content (AvgIpc) is 3.13. The topological polar surface area (TPSA) is 97.3 Å². The largest absolute Gasteiger partial charge is 0.382 e. The van der Waals surface area contributed by atoms with E-state index in [1.807, 2.05) is 0 Å². The summed E-state index contributed by atoms with van der Waals surface area (Å²) in [6.45, 7) is 1.17. The molecule has 3 amide bonds. The van der Waals surface area contributed by atoms with Crippen LogP contribution in [0.15, 0.2) is 36.4 Å². The number of nitriles is 1. The molecule has 150 valence electrons. The highest BCUT2D eigenvalue weighted by atomic mass is 35.5. The first-order chi connectivity index (χ1) is 14.0. The van der Waals surface area contributed by atoms with Crippen molar-refractivity contribution in [1.82, 2.24) is 5.32 Å². The summed E-state index contributed by atoms with van der Waals surface area (Å²) in [7, 11) is 0. The van der Waals surface area contributed by atoms with E-state index in [4.69, 9.17) is 16.9 Å². The van der Waals surface area contributed by atoms with Gasteiger partial charge in [0.15, 0.2) is 0 Å². The van der Waals surface area contributed by atoms with E-state index in [-0.39, 0.29) is 18.0 Å². The number of benzene rings is 2. The van der Waals surface area contributed by atoms with Gasteiger partial charge in [-0.1, -0.05) is 17.7 Å². The SMILES string of the molecule is N#Cc1c(F)cccc1NCCNC(=O)Nc1cc(N2CCCC2=O)ccc1Cl. The summed E-state index contributed by atoms with van der Waals surface area (Å²) in [5.41, 5.74) is 1.37. The van der Waals surface area contributed by atoms with Crippen LogP contribution in [0, 0.1) is 17.1 Å². The van der Waals surface area contributed by atoms with E-state index >= 15 is 0 Å². The van der Waals surface area contributed by atoms with Gasteiger partial charge in [0.1, 0.15) is 17.4 Å². The van der Waals surface area contributed by atoms with Crippen molar-refractivity contribution in [2.75, 3.05) is 35.2 Å². The summed E-state index contributed by atoms with van der Waals surface area (Å²) in [5.74, 6) is -0.558. The lowest BCUT2D eigenvalue weighted by Gasteiger charge is -2.18. The minimum absolute atomic E-state index is 0.0443. The second-order valence-electron chi connectivity index (χ2n) is 6.39. The van der Waals surface area contributed by atoms with Gasteiger partial charge < -0.3 is 20.9 Å². The van der Waals surface area contributed by atoms with Crippen LogP contribution in [0.2, 0.25) is 5.02 Å². The maximum atomic E-state index is 13.6. The van der Waals surface area contributed by atoms with Crippen molar-refractivity contribution < 1.29 is 14.0 Å². The predicted molar refractivity (Wildman–Crippen MR) is 110 cm³/mol. The van der Waals surface area contributed by atoms with Gasteiger partial charge in [-0.05, 0) is 36.8 Å². The van der Waals surface area contributed by atoms with Crippen LogP contribution < -0.4 is 20.9 Å². The minimum Gasteiger partial charge on any atom is -0.382 e. The lowest BCUT2D eigenvalue weighted by Crippen LogP contribution is -2.33. The molecular weight excluding hydrogens is 397 g/mol. The zero-order valence-electron chi connectivity index (χ0n) is 15.5. The Morgan fingerprint density at radius 2 is 2.07 bits per heavy atom. The number of nitrogens with zero attached hydrogens (tertiary/aromatic N) is 2. The molecule has 0 bridgehead atoms. The van der Waals surface area contributed by atoms with Crippen molar-refractivity contribution in [3.05, 3.63) is 52.8 Å². The highest BCUT2D eigenvalue weighted by Gasteiger charge is 2.22. The Morgan fingerprint density at radius 3 is 2.79 bits per heavy atom. The van der Waals surface area contributed by atoms with Crippen molar-refractivity contribution in [3.8, 4) is 6.07 Å². The fourth-order valence-corrected chi connectivity index (χ4v) is 3.19. The Labute approximate surface area is 172 Å². The summed E-state index contributed by atoms with van der Waals surface area (Å²) in [6.07, 6.45) is 1.31. The molecule has 3 rings (SSSR count). The highest BCUT2D eigenvalue weighted by Crippen LogP contribution is 2.29. The van der Waals surface area contributed by atoms with Gasteiger partial charge in [0, 0.05) is 31.7 Å². The average molecular weight is 416 g/mol. The summed E-state index contributed by atoms with van der Waals surface area (Å²) < 4.78 is 13.6. The van der Waals surface area contributed by atoms with Crippen LogP contribution >= 0.6 is 11.6 Å². The van der Waals surface area contributed by atoms with Crippen molar-refractivity contribution in [2.45, 2.75) is 12.8 Å². The maximum absolute atomic E-state index is 13.6. The molecule has 29 heavy (non-hydrogen) atoms. The third kappa shape index (κ3) is 4.95. The number of anilines is 3. The number of hydrogen-bond donors (Lipinski definition) is 3. The Kier molecular flexibility index (Phi) is 6.52. The van der Waals surface area contributed by atoms with Gasteiger partial charge in [0.2, 0.25) is 5.91 Å². The molecule has 0 radical (unpaired) electrons.